The van der Waals surface area contributed by atoms with Crippen molar-refractivity contribution in [3.63, 3.8) is 0 Å². The van der Waals surface area contributed by atoms with Crippen LogP contribution in [-0.2, 0) is 0 Å². The van der Waals surface area contributed by atoms with Gasteiger partial charge in [0, 0.05) is 18.7 Å². The molecule has 1 heterocycles. The van der Waals surface area contributed by atoms with E-state index in [-0.39, 0.29) is 5.76 Å². The third kappa shape index (κ3) is 3.62. The Morgan fingerprint density at radius 3 is 2.36 bits per heavy atom. The smallest absolute Gasteiger partial charge is 0.237 e. The normalized spacial score (nSPS) is 11.5. The van der Waals surface area contributed by atoms with Crippen LogP contribution in [-0.4, -0.2) is 18.6 Å². The second-order valence-corrected chi connectivity index (χ2v) is 4.96. The number of pyridine rings is 1. The van der Waals surface area contributed by atoms with Gasteiger partial charge in [-0.1, -0.05) is 30.4 Å². The average Bonchev–Trinajstić information content (AvgIpc) is 2.56. The van der Waals surface area contributed by atoms with Gasteiger partial charge in [-0.3, -0.25) is 0 Å². The van der Waals surface area contributed by atoms with E-state index in [1.54, 1.807) is 48.3 Å². The van der Waals surface area contributed by atoms with E-state index in [9.17, 15) is 5.11 Å². The summed E-state index contributed by atoms with van der Waals surface area (Å²) in [5.74, 6) is 0.574. The van der Waals surface area contributed by atoms with Gasteiger partial charge in [-0.2, -0.15) is 4.57 Å². The van der Waals surface area contributed by atoms with Crippen LogP contribution >= 0.6 is 12.2 Å². The highest BCUT2D eigenvalue weighted by molar-refractivity contribution is 7.81. The Morgan fingerprint density at radius 1 is 1.18 bits per heavy atom. The summed E-state index contributed by atoms with van der Waals surface area (Å²) in [4.78, 5) is 0.430. The van der Waals surface area contributed by atoms with E-state index in [0.717, 1.165) is 0 Å². The molecule has 4 nitrogen and oxygen atoms in total. The van der Waals surface area contributed by atoms with Gasteiger partial charge in [-0.25, -0.2) is 0 Å². The Bertz CT molecular complexity index is 667. The third-order valence-corrected chi connectivity index (χ3v) is 3.43. The Hall–Kier alpha value is -2.40. The van der Waals surface area contributed by atoms with Crippen LogP contribution in [0.2, 0.25) is 0 Å². The first kappa shape index (κ1) is 16.0. The zero-order chi connectivity index (χ0) is 15.9. The minimum Gasteiger partial charge on any atom is -0.867 e. The summed E-state index contributed by atoms with van der Waals surface area (Å²) in [6.07, 6.45) is 3.61. The molecule has 0 unspecified atom stereocenters. The van der Waals surface area contributed by atoms with E-state index >= 15 is 0 Å². The predicted molar refractivity (Wildman–Crippen MR) is 89.0 cm³/mol. The first-order chi connectivity index (χ1) is 10.7. The van der Waals surface area contributed by atoms with E-state index in [1.807, 2.05) is 25.1 Å². The third-order valence-electron chi connectivity index (χ3n) is 3.09. The summed E-state index contributed by atoms with van der Waals surface area (Å²) in [5.41, 5.74) is 0.995. The molecular formula is C17H18N2O2S. The van der Waals surface area contributed by atoms with Gasteiger partial charge in [0.15, 0.2) is 17.4 Å². The fraction of sp³-hybridized carbons (Fsp3) is 0.176. The quantitative estimate of drug-likeness (QED) is 0.394. The lowest BCUT2D eigenvalue weighted by Gasteiger charge is -2.16. The molecule has 0 saturated heterocycles. The van der Waals surface area contributed by atoms with Crippen molar-refractivity contribution in [1.82, 2.24) is 5.32 Å². The van der Waals surface area contributed by atoms with E-state index < -0.39 is 0 Å². The Labute approximate surface area is 135 Å². The second kappa shape index (κ2) is 7.56. The van der Waals surface area contributed by atoms with E-state index in [1.165, 1.54) is 0 Å². The molecule has 0 aliphatic carbocycles. The SMILES string of the molecule is CCNC(=S)C(=C([O-])c1ccc(OC)cc1)[n+]1ccccc1. The van der Waals surface area contributed by atoms with Crippen LogP contribution in [0, 0.1) is 0 Å². The fourth-order valence-electron chi connectivity index (χ4n) is 2.01. The van der Waals surface area contributed by atoms with Crippen molar-refractivity contribution in [2.45, 2.75) is 6.92 Å². The van der Waals surface area contributed by atoms with Crippen molar-refractivity contribution < 1.29 is 14.4 Å². The van der Waals surface area contributed by atoms with Crippen molar-refractivity contribution in [3.05, 3.63) is 60.4 Å². The summed E-state index contributed by atoms with van der Waals surface area (Å²) in [7, 11) is 1.59. The average molecular weight is 314 g/mol. The van der Waals surface area contributed by atoms with Crippen LogP contribution in [0.3, 0.4) is 0 Å². The molecule has 0 spiro atoms. The molecule has 2 rings (SSSR count). The zero-order valence-electron chi connectivity index (χ0n) is 12.6. The number of nitrogens with zero attached hydrogens (tertiary/aromatic N) is 1. The Morgan fingerprint density at radius 2 is 1.82 bits per heavy atom. The molecule has 0 aliphatic heterocycles. The van der Waals surface area contributed by atoms with Gasteiger partial charge in [-0.15, -0.1) is 0 Å². The summed E-state index contributed by atoms with van der Waals surface area (Å²) < 4.78 is 6.85. The molecule has 0 atom stereocenters. The monoisotopic (exact) mass is 314 g/mol. The maximum Gasteiger partial charge on any atom is 0.237 e. The van der Waals surface area contributed by atoms with Gasteiger partial charge in [0.2, 0.25) is 5.70 Å². The lowest BCUT2D eigenvalue weighted by Crippen LogP contribution is -2.42. The van der Waals surface area contributed by atoms with Gasteiger partial charge in [0.1, 0.15) is 5.75 Å². The molecule has 0 aliphatic rings. The number of hydrogen-bond acceptors (Lipinski definition) is 3. The zero-order valence-corrected chi connectivity index (χ0v) is 13.4. The van der Waals surface area contributed by atoms with Crippen LogP contribution in [0.25, 0.3) is 11.5 Å². The van der Waals surface area contributed by atoms with E-state index in [2.05, 4.69) is 5.32 Å². The number of nitrogens with one attached hydrogen (secondary N) is 1. The molecule has 0 amide bonds. The molecule has 1 aromatic carbocycles. The molecule has 5 heteroatoms. The standard InChI is InChI=1S/C17H18N2O2S/c1-3-18-17(22)15(19-11-5-4-6-12-19)16(20)13-7-9-14(21-2)10-8-13/h4-12H,3H2,1-2H3,(H-,18,20,22). The Balaban J connectivity index is 2.51. The van der Waals surface area contributed by atoms with Crippen molar-refractivity contribution >= 4 is 28.7 Å². The molecule has 114 valence electrons. The predicted octanol–water partition coefficient (Wildman–Crippen LogP) is 1.61. The molecule has 0 bridgehead atoms. The van der Waals surface area contributed by atoms with Crippen molar-refractivity contribution in [2.24, 2.45) is 0 Å². The van der Waals surface area contributed by atoms with Gasteiger partial charge in [0.25, 0.3) is 0 Å². The van der Waals surface area contributed by atoms with Crippen LogP contribution < -0.4 is 19.7 Å². The van der Waals surface area contributed by atoms with Gasteiger partial charge < -0.3 is 15.2 Å². The van der Waals surface area contributed by atoms with Gasteiger partial charge in [-0.05, 0) is 30.4 Å². The highest BCUT2D eigenvalue weighted by Gasteiger charge is 2.17. The molecule has 0 radical (unpaired) electrons. The number of thiocarbonyl (C=S) groups is 1. The summed E-state index contributed by atoms with van der Waals surface area (Å²) in [6.45, 7) is 2.60. The number of ether oxygens (including phenoxy) is 1. The lowest BCUT2D eigenvalue weighted by atomic mass is 10.1. The van der Waals surface area contributed by atoms with Crippen molar-refractivity contribution in [2.75, 3.05) is 13.7 Å². The fourth-order valence-corrected chi connectivity index (χ4v) is 2.35. The number of aromatic nitrogens is 1. The number of likely N-dealkylation sites (N-methyl/N-ethyl adjacent to an activating group) is 1. The molecule has 22 heavy (non-hydrogen) atoms. The molecule has 2 aromatic rings. The van der Waals surface area contributed by atoms with Crippen molar-refractivity contribution in [3.8, 4) is 5.75 Å². The highest BCUT2D eigenvalue weighted by Crippen LogP contribution is 2.18. The van der Waals surface area contributed by atoms with Crippen LogP contribution in [0.5, 0.6) is 5.75 Å². The minimum absolute atomic E-state index is 0.134. The molecule has 1 N–H and O–H groups in total. The number of methoxy groups -OCH3 is 1. The minimum atomic E-state index is -0.134. The van der Waals surface area contributed by atoms with Crippen LogP contribution in [0.4, 0.5) is 0 Å². The van der Waals surface area contributed by atoms with Crippen molar-refractivity contribution in [1.29, 1.82) is 0 Å². The van der Waals surface area contributed by atoms with Gasteiger partial charge >= 0.3 is 0 Å². The molecule has 0 fully saturated rings. The molecular weight excluding hydrogens is 296 g/mol. The lowest BCUT2D eigenvalue weighted by molar-refractivity contribution is -0.577. The summed E-state index contributed by atoms with van der Waals surface area (Å²) in [5, 5.41) is 15.9. The summed E-state index contributed by atoms with van der Waals surface area (Å²) >= 11 is 5.37. The van der Waals surface area contributed by atoms with Crippen LogP contribution in [0.15, 0.2) is 54.9 Å². The largest absolute Gasteiger partial charge is 0.867 e. The first-order valence-electron chi connectivity index (χ1n) is 6.98. The number of hydrogen-bond donors (Lipinski definition) is 1. The number of rotatable bonds is 5. The maximum absolute atomic E-state index is 12.8. The Kier molecular flexibility index (Phi) is 5.49. The summed E-state index contributed by atoms with van der Waals surface area (Å²) in [6, 6.07) is 12.6. The topological polar surface area (TPSA) is 48.2 Å². The number of benzene rings is 1. The van der Waals surface area contributed by atoms with E-state index in [4.69, 9.17) is 17.0 Å². The first-order valence-corrected chi connectivity index (χ1v) is 7.38. The van der Waals surface area contributed by atoms with E-state index in [0.29, 0.717) is 28.5 Å². The molecule has 0 saturated carbocycles. The van der Waals surface area contributed by atoms with Crippen LogP contribution in [0.1, 0.15) is 12.5 Å². The molecule has 1 aromatic heterocycles. The highest BCUT2D eigenvalue weighted by atomic mass is 32.1. The second-order valence-electron chi connectivity index (χ2n) is 4.55. The maximum atomic E-state index is 12.8. The van der Waals surface area contributed by atoms with Gasteiger partial charge in [0.05, 0.1) is 7.11 Å².